The topological polar surface area (TPSA) is 33.1 Å². The van der Waals surface area contributed by atoms with Gasteiger partial charge in [-0.3, -0.25) is 9.58 Å². The normalized spacial score (nSPS) is 26.0. The monoisotopic (exact) mass is 292 g/mol. The van der Waals surface area contributed by atoms with Gasteiger partial charge in [-0.1, -0.05) is 41.0 Å². The zero-order valence-electron chi connectivity index (χ0n) is 14.3. The Bertz CT molecular complexity index is 407. The van der Waals surface area contributed by atoms with Crippen LogP contribution in [-0.2, 0) is 6.54 Å². The lowest BCUT2D eigenvalue weighted by molar-refractivity contribution is 0.0549. The molecule has 3 unspecified atom stereocenters. The van der Waals surface area contributed by atoms with Gasteiger partial charge in [0.05, 0.1) is 6.54 Å². The summed E-state index contributed by atoms with van der Waals surface area (Å²) in [6.07, 6.45) is 5.16. The van der Waals surface area contributed by atoms with Gasteiger partial charge < -0.3 is 5.32 Å². The van der Waals surface area contributed by atoms with Crippen molar-refractivity contribution in [1.82, 2.24) is 20.0 Å². The van der Waals surface area contributed by atoms with Crippen LogP contribution in [0.4, 0.5) is 0 Å². The van der Waals surface area contributed by atoms with Gasteiger partial charge in [0.15, 0.2) is 0 Å². The van der Waals surface area contributed by atoms with Crippen LogP contribution in [0.25, 0.3) is 0 Å². The molecule has 21 heavy (non-hydrogen) atoms. The predicted octanol–water partition coefficient (Wildman–Crippen LogP) is 2.62. The van der Waals surface area contributed by atoms with E-state index in [1.165, 1.54) is 6.42 Å². The molecule has 0 aliphatic carbocycles. The van der Waals surface area contributed by atoms with Gasteiger partial charge >= 0.3 is 0 Å². The molecule has 0 saturated carbocycles. The molecule has 120 valence electrons. The Morgan fingerprint density at radius 3 is 2.67 bits per heavy atom. The minimum Gasteiger partial charge on any atom is -0.311 e. The van der Waals surface area contributed by atoms with E-state index < -0.39 is 0 Å². The maximum Gasteiger partial charge on any atom is 0.0536 e. The Morgan fingerprint density at radius 2 is 2.10 bits per heavy atom. The molecule has 1 aromatic heterocycles. The molecule has 1 fully saturated rings. The first-order chi connectivity index (χ1) is 9.91. The van der Waals surface area contributed by atoms with Crippen molar-refractivity contribution in [1.29, 1.82) is 0 Å². The van der Waals surface area contributed by atoms with Gasteiger partial charge in [-0.2, -0.15) is 5.10 Å². The van der Waals surface area contributed by atoms with Crippen molar-refractivity contribution in [2.24, 2.45) is 11.3 Å². The first-order valence-electron chi connectivity index (χ1n) is 8.36. The fourth-order valence-electron chi connectivity index (χ4n) is 3.16. The van der Waals surface area contributed by atoms with Crippen LogP contribution in [0.2, 0.25) is 0 Å². The highest BCUT2D eigenvalue weighted by atomic mass is 15.3. The lowest BCUT2D eigenvalue weighted by Crippen LogP contribution is -2.62. The molecule has 0 amide bonds. The quantitative estimate of drug-likeness (QED) is 0.905. The van der Waals surface area contributed by atoms with E-state index in [-0.39, 0.29) is 0 Å². The SMILES string of the molecule is CCC(C)C1CNC(C(C)(C)C)CN1CCn1cccn1. The highest BCUT2D eigenvalue weighted by Gasteiger charge is 2.35. The third-order valence-electron chi connectivity index (χ3n) is 4.98. The summed E-state index contributed by atoms with van der Waals surface area (Å²) in [5.74, 6) is 0.732. The van der Waals surface area contributed by atoms with Crippen molar-refractivity contribution in [3.63, 3.8) is 0 Å². The van der Waals surface area contributed by atoms with Crippen molar-refractivity contribution in [3.8, 4) is 0 Å². The Kier molecular flexibility index (Phi) is 5.44. The van der Waals surface area contributed by atoms with E-state index in [0.29, 0.717) is 17.5 Å². The van der Waals surface area contributed by atoms with Crippen LogP contribution in [-0.4, -0.2) is 46.4 Å². The van der Waals surface area contributed by atoms with E-state index in [9.17, 15) is 0 Å². The molecule has 2 rings (SSSR count). The van der Waals surface area contributed by atoms with Crippen molar-refractivity contribution in [3.05, 3.63) is 18.5 Å². The van der Waals surface area contributed by atoms with Crippen LogP contribution in [0.1, 0.15) is 41.0 Å². The van der Waals surface area contributed by atoms with Gasteiger partial charge in [0, 0.05) is 44.1 Å². The van der Waals surface area contributed by atoms with E-state index in [1.807, 2.05) is 16.9 Å². The minimum absolute atomic E-state index is 0.310. The number of nitrogens with one attached hydrogen (secondary N) is 1. The van der Waals surface area contributed by atoms with Crippen LogP contribution in [0.15, 0.2) is 18.5 Å². The molecule has 1 aromatic rings. The largest absolute Gasteiger partial charge is 0.311 e. The summed E-state index contributed by atoms with van der Waals surface area (Å²) in [4.78, 5) is 2.68. The number of nitrogens with zero attached hydrogens (tertiary/aromatic N) is 3. The van der Waals surface area contributed by atoms with E-state index in [2.05, 4.69) is 56.1 Å². The summed E-state index contributed by atoms with van der Waals surface area (Å²) in [5, 5.41) is 8.12. The molecular formula is C17H32N4. The van der Waals surface area contributed by atoms with Gasteiger partial charge in [0.2, 0.25) is 0 Å². The Hall–Kier alpha value is -0.870. The average Bonchev–Trinajstić information content (AvgIpc) is 2.96. The Morgan fingerprint density at radius 1 is 1.33 bits per heavy atom. The lowest BCUT2D eigenvalue weighted by Gasteiger charge is -2.47. The predicted molar refractivity (Wildman–Crippen MR) is 88.3 cm³/mol. The molecule has 1 N–H and O–H groups in total. The van der Waals surface area contributed by atoms with Gasteiger partial charge in [-0.25, -0.2) is 0 Å². The molecule has 1 aliphatic heterocycles. The van der Waals surface area contributed by atoms with Gasteiger partial charge in [0.25, 0.3) is 0 Å². The third kappa shape index (κ3) is 4.30. The second kappa shape index (κ2) is 6.93. The summed E-state index contributed by atoms with van der Waals surface area (Å²) < 4.78 is 2.04. The third-order valence-corrected chi connectivity index (χ3v) is 4.98. The molecular weight excluding hydrogens is 260 g/mol. The fraction of sp³-hybridized carbons (Fsp3) is 0.824. The second-order valence-electron chi connectivity index (χ2n) is 7.54. The number of hydrogen-bond acceptors (Lipinski definition) is 3. The second-order valence-corrected chi connectivity index (χ2v) is 7.54. The molecule has 4 heteroatoms. The Labute approximate surface area is 129 Å². The minimum atomic E-state index is 0.310. The molecule has 1 aliphatic rings. The standard InChI is InChI=1S/C17H32N4/c1-6-14(2)15-12-18-16(17(3,4)5)13-20(15)10-11-21-9-7-8-19-21/h7-9,14-16,18H,6,10-13H2,1-5H3. The summed E-state index contributed by atoms with van der Waals surface area (Å²) in [6, 6.07) is 3.21. The summed E-state index contributed by atoms with van der Waals surface area (Å²) in [6.45, 7) is 16.0. The zero-order valence-corrected chi connectivity index (χ0v) is 14.3. The van der Waals surface area contributed by atoms with E-state index in [4.69, 9.17) is 0 Å². The smallest absolute Gasteiger partial charge is 0.0536 e. The summed E-state index contributed by atoms with van der Waals surface area (Å²) in [5.41, 5.74) is 0.310. The molecule has 4 nitrogen and oxygen atoms in total. The van der Waals surface area contributed by atoms with Crippen LogP contribution >= 0.6 is 0 Å². The van der Waals surface area contributed by atoms with Crippen molar-refractivity contribution in [2.45, 2.75) is 59.7 Å². The van der Waals surface area contributed by atoms with Crippen molar-refractivity contribution >= 4 is 0 Å². The van der Waals surface area contributed by atoms with Crippen LogP contribution in [0, 0.1) is 11.3 Å². The van der Waals surface area contributed by atoms with Gasteiger partial charge in [-0.05, 0) is 17.4 Å². The lowest BCUT2D eigenvalue weighted by atomic mass is 9.83. The summed E-state index contributed by atoms with van der Waals surface area (Å²) >= 11 is 0. The number of hydrogen-bond donors (Lipinski definition) is 1. The first kappa shape index (κ1) is 16.5. The van der Waals surface area contributed by atoms with Gasteiger partial charge in [0.1, 0.15) is 0 Å². The molecule has 0 bridgehead atoms. The molecule has 0 aromatic carbocycles. The Balaban J connectivity index is 2.01. The molecule has 0 spiro atoms. The maximum absolute atomic E-state index is 4.33. The van der Waals surface area contributed by atoms with Crippen molar-refractivity contribution in [2.75, 3.05) is 19.6 Å². The summed E-state index contributed by atoms with van der Waals surface area (Å²) in [7, 11) is 0. The average molecular weight is 292 g/mol. The first-order valence-corrected chi connectivity index (χ1v) is 8.36. The van der Waals surface area contributed by atoms with E-state index >= 15 is 0 Å². The molecule has 3 atom stereocenters. The zero-order chi connectivity index (χ0) is 15.5. The highest BCUT2D eigenvalue weighted by molar-refractivity contribution is 4.93. The van der Waals surface area contributed by atoms with Crippen LogP contribution in [0.5, 0.6) is 0 Å². The van der Waals surface area contributed by atoms with E-state index in [0.717, 1.165) is 32.1 Å². The van der Waals surface area contributed by atoms with Crippen LogP contribution < -0.4 is 5.32 Å². The van der Waals surface area contributed by atoms with Gasteiger partial charge in [-0.15, -0.1) is 0 Å². The number of rotatable bonds is 5. The molecule has 2 heterocycles. The molecule has 0 radical (unpaired) electrons. The van der Waals surface area contributed by atoms with E-state index in [1.54, 1.807) is 0 Å². The number of aromatic nitrogens is 2. The van der Waals surface area contributed by atoms with Crippen LogP contribution in [0.3, 0.4) is 0 Å². The molecule has 1 saturated heterocycles. The number of piperazine rings is 1. The fourth-order valence-corrected chi connectivity index (χ4v) is 3.16. The van der Waals surface area contributed by atoms with Crippen molar-refractivity contribution < 1.29 is 0 Å². The maximum atomic E-state index is 4.33. The highest BCUT2D eigenvalue weighted by Crippen LogP contribution is 2.26.